The standard InChI is InChI=1S/C16H14N2O3S/c1-18(13-10-6-5-9-12(13)15(20)21)16(22)17-14(19)11-7-3-2-4-8-11/h2-10H,1H3,(H,20,21)(H,17,19,22). The van der Waals surface area contributed by atoms with Crippen LogP contribution >= 0.6 is 12.2 Å². The number of hydrogen-bond donors (Lipinski definition) is 2. The molecule has 0 aliphatic heterocycles. The van der Waals surface area contributed by atoms with Crippen LogP contribution in [-0.4, -0.2) is 29.1 Å². The molecule has 2 aromatic carbocycles. The topological polar surface area (TPSA) is 69.6 Å². The number of amides is 1. The number of carboxylic acid groups (broad SMARTS) is 1. The van der Waals surface area contributed by atoms with Gasteiger partial charge in [-0.3, -0.25) is 10.1 Å². The molecule has 0 heterocycles. The first-order valence-electron chi connectivity index (χ1n) is 6.47. The van der Waals surface area contributed by atoms with Gasteiger partial charge in [0.25, 0.3) is 5.91 Å². The van der Waals surface area contributed by atoms with Crippen LogP contribution in [0.5, 0.6) is 0 Å². The minimum atomic E-state index is -1.06. The first-order valence-corrected chi connectivity index (χ1v) is 6.88. The van der Waals surface area contributed by atoms with Gasteiger partial charge in [0.05, 0.1) is 11.3 Å². The summed E-state index contributed by atoms with van der Waals surface area (Å²) in [5, 5.41) is 11.9. The first kappa shape index (κ1) is 15.7. The Bertz CT molecular complexity index is 716. The van der Waals surface area contributed by atoms with Gasteiger partial charge in [-0.15, -0.1) is 0 Å². The molecule has 0 aliphatic carbocycles. The van der Waals surface area contributed by atoms with Gasteiger partial charge in [0.15, 0.2) is 5.11 Å². The molecule has 0 saturated heterocycles. The Kier molecular flexibility index (Phi) is 4.85. The van der Waals surface area contributed by atoms with Crippen molar-refractivity contribution in [2.45, 2.75) is 0 Å². The van der Waals surface area contributed by atoms with E-state index in [4.69, 9.17) is 12.2 Å². The molecule has 22 heavy (non-hydrogen) atoms. The molecule has 0 bridgehead atoms. The van der Waals surface area contributed by atoms with Crippen molar-refractivity contribution in [3.8, 4) is 0 Å². The summed E-state index contributed by atoms with van der Waals surface area (Å²) < 4.78 is 0. The highest BCUT2D eigenvalue weighted by molar-refractivity contribution is 7.80. The number of nitrogens with one attached hydrogen (secondary N) is 1. The molecule has 0 spiro atoms. The van der Waals surface area contributed by atoms with Crippen LogP contribution in [0, 0.1) is 0 Å². The second-order valence-corrected chi connectivity index (χ2v) is 4.89. The lowest BCUT2D eigenvalue weighted by molar-refractivity contribution is 0.0697. The molecular formula is C16H14N2O3S. The lowest BCUT2D eigenvalue weighted by Crippen LogP contribution is -2.41. The predicted octanol–water partition coefficient (Wildman–Crippen LogP) is 2.54. The quantitative estimate of drug-likeness (QED) is 0.852. The number of aromatic carboxylic acids is 1. The van der Waals surface area contributed by atoms with Gasteiger partial charge in [-0.05, 0) is 36.5 Å². The Morgan fingerprint density at radius 3 is 2.27 bits per heavy atom. The van der Waals surface area contributed by atoms with Gasteiger partial charge >= 0.3 is 5.97 Å². The third-order valence-electron chi connectivity index (χ3n) is 3.06. The normalized spacial score (nSPS) is 9.86. The van der Waals surface area contributed by atoms with Crippen LogP contribution in [0.1, 0.15) is 20.7 Å². The molecule has 2 rings (SSSR count). The molecule has 0 radical (unpaired) electrons. The lowest BCUT2D eigenvalue weighted by Gasteiger charge is -2.22. The van der Waals surface area contributed by atoms with Crippen LogP contribution in [0.25, 0.3) is 0 Å². The van der Waals surface area contributed by atoms with E-state index < -0.39 is 5.97 Å². The summed E-state index contributed by atoms with van der Waals surface area (Å²) in [4.78, 5) is 24.8. The average molecular weight is 314 g/mol. The van der Waals surface area contributed by atoms with Crippen molar-refractivity contribution in [1.82, 2.24) is 5.32 Å². The summed E-state index contributed by atoms with van der Waals surface area (Å²) in [6.07, 6.45) is 0. The van der Waals surface area contributed by atoms with Crippen molar-refractivity contribution < 1.29 is 14.7 Å². The van der Waals surface area contributed by atoms with Gasteiger partial charge in [0.1, 0.15) is 0 Å². The molecular weight excluding hydrogens is 300 g/mol. The lowest BCUT2D eigenvalue weighted by atomic mass is 10.1. The highest BCUT2D eigenvalue weighted by Gasteiger charge is 2.17. The van der Waals surface area contributed by atoms with E-state index in [1.165, 1.54) is 11.0 Å². The monoisotopic (exact) mass is 314 g/mol. The van der Waals surface area contributed by atoms with Gasteiger partial charge in [-0.2, -0.15) is 0 Å². The smallest absolute Gasteiger partial charge is 0.337 e. The second kappa shape index (κ2) is 6.82. The fourth-order valence-corrected chi connectivity index (χ4v) is 2.09. The van der Waals surface area contributed by atoms with Crippen LogP contribution < -0.4 is 10.2 Å². The minimum Gasteiger partial charge on any atom is -0.478 e. The maximum atomic E-state index is 12.1. The van der Waals surface area contributed by atoms with Gasteiger partial charge < -0.3 is 10.0 Å². The third-order valence-corrected chi connectivity index (χ3v) is 3.43. The number of carboxylic acids is 1. The van der Waals surface area contributed by atoms with Crippen molar-refractivity contribution in [2.75, 3.05) is 11.9 Å². The van der Waals surface area contributed by atoms with Gasteiger partial charge in [0, 0.05) is 12.6 Å². The van der Waals surface area contributed by atoms with E-state index in [0.29, 0.717) is 11.3 Å². The number of para-hydroxylation sites is 1. The minimum absolute atomic E-state index is 0.112. The summed E-state index contributed by atoms with van der Waals surface area (Å²) in [7, 11) is 1.61. The van der Waals surface area contributed by atoms with Crippen molar-refractivity contribution in [1.29, 1.82) is 0 Å². The van der Waals surface area contributed by atoms with E-state index in [-0.39, 0.29) is 16.6 Å². The molecule has 112 valence electrons. The van der Waals surface area contributed by atoms with Crippen molar-refractivity contribution >= 4 is 34.9 Å². The van der Waals surface area contributed by atoms with E-state index in [9.17, 15) is 14.7 Å². The Balaban J connectivity index is 2.17. The maximum absolute atomic E-state index is 12.1. The van der Waals surface area contributed by atoms with Crippen LogP contribution in [0.15, 0.2) is 54.6 Å². The number of rotatable bonds is 3. The van der Waals surface area contributed by atoms with Crippen LogP contribution in [-0.2, 0) is 0 Å². The first-order chi connectivity index (χ1) is 10.5. The number of nitrogens with zero attached hydrogens (tertiary/aromatic N) is 1. The zero-order valence-corrected chi connectivity index (χ0v) is 12.6. The largest absolute Gasteiger partial charge is 0.478 e. The molecule has 1 amide bonds. The molecule has 0 unspecified atom stereocenters. The van der Waals surface area contributed by atoms with Crippen LogP contribution in [0.3, 0.4) is 0 Å². The highest BCUT2D eigenvalue weighted by atomic mass is 32.1. The third kappa shape index (κ3) is 3.48. The number of carbonyl (C=O) groups is 2. The Labute approximate surface area is 133 Å². The van der Waals surface area contributed by atoms with Crippen molar-refractivity contribution in [2.24, 2.45) is 0 Å². The molecule has 0 aromatic heterocycles. The average Bonchev–Trinajstić information content (AvgIpc) is 2.54. The molecule has 2 aromatic rings. The number of carbonyl (C=O) groups excluding carboxylic acids is 1. The Morgan fingerprint density at radius 2 is 1.64 bits per heavy atom. The predicted molar refractivity (Wildman–Crippen MR) is 88.3 cm³/mol. The molecule has 5 nitrogen and oxygen atoms in total. The zero-order chi connectivity index (χ0) is 16.1. The molecule has 0 fully saturated rings. The Hall–Kier alpha value is -2.73. The summed E-state index contributed by atoms with van der Waals surface area (Å²) >= 11 is 5.18. The van der Waals surface area contributed by atoms with E-state index >= 15 is 0 Å². The van der Waals surface area contributed by atoms with Gasteiger partial charge in [-0.1, -0.05) is 30.3 Å². The SMILES string of the molecule is CN(C(=S)NC(=O)c1ccccc1)c1ccccc1C(=O)O. The molecule has 2 N–H and O–H groups in total. The maximum Gasteiger partial charge on any atom is 0.337 e. The number of hydrogen-bond acceptors (Lipinski definition) is 3. The fraction of sp³-hybridized carbons (Fsp3) is 0.0625. The van der Waals surface area contributed by atoms with Crippen LogP contribution in [0.2, 0.25) is 0 Å². The van der Waals surface area contributed by atoms with Gasteiger partial charge in [-0.25, -0.2) is 4.79 Å². The van der Waals surface area contributed by atoms with Crippen molar-refractivity contribution in [3.05, 3.63) is 65.7 Å². The van der Waals surface area contributed by atoms with Crippen molar-refractivity contribution in [3.63, 3.8) is 0 Å². The molecule has 0 saturated carbocycles. The number of benzene rings is 2. The molecule has 6 heteroatoms. The van der Waals surface area contributed by atoms with E-state index in [1.807, 2.05) is 6.07 Å². The zero-order valence-electron chi connectivity index (χ0n) is 11.8. The number of thiocarbonyl (C=S) groups is 1. The summed E-state index contributed by atoms with van der Waals surface area (Å²) in [5.41, 5.74) is 0.999. The van der Waals surface area contributed by atoms with E-state index in [2.05, 4.69) is 5.32 Å². The van der Waals surface area contributed by atoms with Gasteiger partial charge in [0.2, 0.25) is 0 Å². The fourth-order valence-electron chi connectivity index (χ4n) is 1.90. The van der Waals surface area contributed by atoms with Crippen LogP contribution in [0.4, 0.5) is 5.69 Å². The summed E-state index contributed by atoms with van der Waals surface area (Å²) in [6, 6.07) is 15.1. The highest BCUT2D eigenvalue weighted by Crippen LogP contribution is 2.19. The van der Waals surface area contributed by atoms with E-state index in [0.717, 1.165) is 0 Å². The summed E-state index contributed by atoms with van der Waals surface area (Å²) in [6.45, 7) is 0. The van der Waals surface area contributed by atoms with E-state index in [1.54, 1.807) is 49.5 Å². The molecule has 0 aliphatic rings. The summed E-state index contributed by atoms with van der Waals surface area (Å²) in [5.74, 6) is -1.40. The number of anilines is 1. The molecule has 0 atom stereocenters. The Morgan fingerprint density at radius 1 is 1.05 bits per heavy atom. The second-order valence-electron chi connectivity index (χ2n) is 4.51.